The number of ether oxygens (including phenoxy) is 1. The second kappa shape index (κ2) is 6.96. The second-order valence-electron chi connectivity index (χ2n) is 4.43. The smallest absolute Gasteiger partial charge is 0.224 e. The molecule has 0 spiro atoms. The summed E-state index contributed by atoms with van der Waals surface area (Å²) in [7, 11) is 1.63. The Hall–Kier alpha value is -2.00. The Morgan fingerprint density at radius 2 is 1.65 bits per heavy atom. The Balaban J connectivity index is 1.83. The fourth-order valence-corrected chi connectivity index (χ4v) is 1.92. The Morgan fingerprint density at radius 3 is 2.25 bits per heavy atom. The minimum absolute atomic E-state index is 0.0110. The number of carbonyl (C=O) groups is 1. The zero-order valence-corrected chi connectivity index (χ0v) is 12.0. The molecule has 0 aliphatic rings. The van der Waals surface area contributed by atoms with E-state index < -0.39 is 0 Å². The summed E-state index contributed by atoms with van der Waals surface area (Å²) in [6.45, 7) is 0.510. The first-order valence-electron chi connectivity index (χ1n) is 6.31. The highest BCUT2D eigenvalue weighted by molar-refractivity contribution is 6.30. The number of methoxy groups -OCH3 is 1. The Morgan fingerprint density at radius 1 is 1.05 bits per heavy atom. The summed E-state index contributed by atoms with van der Waals surface area (Å²) < 4.78 is 5.09. The van der Waals surface area contributed by atoms with Crippen LogP contribution in [0.2, 0.25) is 5.02 Å². The van der Waals surface area contributed by atoms with Gasteiger partial charge in [0.15, 0.2) is 0 Å². The molecule has 2 aromatic rings. The normalized spacial score (nSPS) is 10.1. The highest BCUT2D eigenvalue weighted by Gasteiger charge is 2.03. The molecule has 1 amide bonds. The van der Waals surface area contributed by atoms with E-state index in [2.05, 4.69) is 5.32 Å². The first kappa shape index (κ1) is 14.4. The first-order chi connectivity index (χ1) is 9.67. The summed E-state index contributed by atoms with van der Waals surface area (Å²) >= 11 is 5.80. The third-order valence-corrected chi connectivity index (χ3v) is 3.18. The predicted octanol–water partition coefficient (Wildman–Crippen LogP) is 3.21. The zero-order chi connectivity index (χ0) is 14.4. The minimum atomic E-state index is -0.0110. The molecule has 0 fully saturated rings. The monoisotopic (exact) mass is 289 g/mol. The lowest BCUT2D eigenvalue weighted by Crippen LogP contribution is -2.24. The van der Waals surface area contributed by atoms with Gasteiger partial charge in [0.1, 0.15) is 5.75 Å². The molecule has 2 aromatic carbocycles. The van der Waals surface area contributed by atoms with Gasteiger partial charge >= 0.3 is 0 Å². The third kappa shape index (κ3) is 4.28. The number of halogens is 1. The molecule has 3 nitrogen and oxygen atoms in total. The van der Waals surface area contributed by atoms with Gasteiger partial charge in [0, 0.05) is 11.6 Å². The average Bonchev–Trinajstić information content (AvgIpc) is 2.48. The van der Waals surface area contributed by atoms with Crippen LogP contribution in [0.4, 0.5) is 0 Å². The maximum Gasteiger partial charge on any atom is 0.224 e. The molecule has 0 atom stereocenters. The van der Waals surface area contributed by atoms with Gasteiger partial charge in [-0.1, -0.05) is 35.9 Å². The van der Waals surface area contributed by atoms with Crippen molar-refractivity contribution in [2.45, 2.75) is 13.0 Å². The van der Waals surface area contributed by atoms with Crippen molar-refractivity contribution < 1.29 is 9.53 Å². The predicted molar refractivity (Wildman–Crippen MR) is 80.0 cm³/mol. The minimum Gasteiger partial charge on any atom is -0.497 e. The number of hydrogen-bond donors (Lipinski definition) is 1. The molecule has 0 unspecified atom stereocenters. The fourth-order valence-electron chi connectivity index (χ4n) is 1.79. The molecule has 0 bridgehead atoms. The van der Waals surface area contributed by atoms with E-state index in [0.29, 0.717) is 18.0 Å². The van der Waals surface area contributed by atoms with Crippen LogP contribution < -0.4 is 10.1 Å². The lowest BCUT2D eigenvalue weighted by atomic mass is 10.1. The van der Waals surface area contributed by atoms with Crippen molar-refractivity contribution in [3.05, 3.63) is 64.7 Å². The lowest BCUT2D eigenvalue weighted by molar-refractivity contribution is -0.120. The molecule has 0 heterocycles. The summed E-state index contributed by atoms with van der Waals surface area (Å²) in [5, 5.41) is 3.56. The number of rotatable bonds is 5. The van der Waals surface area contributed by atoms with Crippen LogP contribution in [0.25, 0.3) is 0 Å². The van der Waals surface area contributed by atoms with Crippen molar-refractivity contribution in [3.8, 4) is 5.75 Å². The molecular formula is C16H16ClNO2. The number of amides is 1. The third-order valence-electron chi connectivity index (χ3n) is 2.93. The van der Waals surface area contributed by atoms with E-state index in [-0.39, 0.29) is 5.91 Å². The Kier molecular flexibility index (Phi) is 5.02. The van der Waals surface area contributed by atoms with E-state index in [9.17, 15) is 4.79 Å². The molecule has 4 heteroatoms. The standard InChI is InChI=1S/C16H16ClNO2/c1-20-15-8-4-13(5-9-15)11-18-16(19)10-12-2-6-14(17)7-3-12/h2-9H,10-11H2,1H3,(H,18,19). The first-order valence-corrected chi connectivity index (χ1v) is 6.69. The largest absolute Gasteiger partial charge is 0.497 e. The summed E-state index contributed by atoms with van der Waals surface area (Å²) in [6, 6.07) is 14.9. The molecule has 0 radical (unpaired) electrons. The highest BCUT2D eigenvalue weighted by atomic mass is 35.5. The van der Waals surface area contributed by atoms with E-state index in [0.717, 1.165) is 16.9 Å². The molecule has 0 aliphatic carbocycles. The highest BCUT2D eigenvalue weighted by Crippen LogP contribution is 2.12. The van der Waals surface area contributed by atoms with Crippen LogP contribution in [-0.2, 0) is 17.8 Å². The topological polar surface area (TPSA) is 38.3 Å². The SMILES string of the molecule is COc1ccc(CNC(=O)Cc2ccc(Cl)cc2)cc1. The lowest BCUT2D eigenvalue weighted by Gasteiger charge is -2.06. The fraction of sp³-hybridized carbons (Fsp3) is 0.188. The van der Waals surface area contributed by atoms with E-state index >= 15 is 0 Å². The number of benzene rings is 2. The van der Waals surface area contributed by atoms with Crippen LogP contribution >= 0.6 is 11.6 Å². The molecule has 0 saturated carbocycles. The van der Waals surface area contributed by atoms with E-state index in [1.54, 1.807) is 19.2 Å². The van der Waals surface area contributed by atoms with Gasteiger partial charge in [-0.3, -0.25) is 4.79 Å². The van der Waals surface area contributed by atoms with Crippen molar-refractivity contribution in [1.82, 2.24) is 5.32 Å². The summed E-state index contributed by atoms with van der Waals surface area (Å²) in [5.41, 5.74) is 1.98. The van der Waals surface area contributed by atoms with E-state index in [4.69, 9.17) is 16.3 Å². The molecule has 20 heavy (non-hydrogen) atoms. The average molecular weight is 290 g/mol. The van der Waals surface area contributed by atoms with Crippen molar-refractivity contribution in [1.29, 1.82) is 0 Å². The number of hydrogen-bond acceptors (Lipinski definition) is 2. The van der Waals surface area contributed by atoms with Crippen LogP contribution in [-0.4, -0.2) is 13.0 Å². The zero-order valence-electron chi connectivity index (χ0n) is 11.2. The van der Waals surface area contributed by atoms with E-state index in [1.165, 1.54) is 0 Å². The molecule has 104 valence electrons. The molecule has 1 N–H and O–H groups in total. The maximum atomic E-state index is 11.8. The van der Waals surface area contributed by atoms with Gasteiger partial charge in [-0.25, -0.2) is 0 Å². The van der Waals surface area contributed by atoms with Crippen molar-refractivity contribution in [2.24, 2.45) is 0 Å². The maximum absolute atomic E-state index is 11.8. The van der Waals surface area contributed by atoms with Gasteiger partial charge in [0.2, 0.25) is 5.91 Å². The van der Waals surface area contributed by atoms with Gasteiger partial charge in [0.25, 0.3) is 0 Å². The number of nitrogens with one attached hydrogen (secondary N) is 1. The second-order valence-corrected chi connectivity index (χ2v) is 4.86. The van der Waals surface area contributed by atoms with Crippen molar-refractivity contribution >= 4 is 17.5 Å². The van der Waals surface area contributed by atoms with Gasteiger partial charge in [-0.05, 0) is 35.4 Å². The van der Waals surface area contributed by atoms with Gasteiger partial charge in [0.05, 0.1) is 13.5 Å². The van der Waals surface area contributed by atoms with Crippen LogP contribution in [0.5, 0.6) is 5.75 Å². The van der Waals surface area contributed by atoms with E-state index in [1.807, 2.05) is 36.4 Å². The Bertz CT molecular complexity index is 564. The molecule has 2 rings (SSSR count). The van der Waals surface area contributed by atoms with Gasteiger partial charge < -0.3 is 10.1 Å². The van der Waals surface area contributed by atoms with Crippen LogP contribution in [0.15, 0.2) is 48.5 Å². The van der Waals surface area contributed by atoms with Crippen LogP contribution in [0.1, 0.15) is 11.1 Å². The molecular weight excluding hydrogens is 274 g/mol. The van der Waals surface area contributed by atoms with Gasteiger partial charge in [-0.2, -0.15) is 0 Å². The molecule has 0 saturated heterocycles. The van der Waals surface area contributed by atoms with Crippen LogP contribution in [0.3, 0.4) is 0 Å². The van der Waals surface area contributed by atoms with Crippen LogP contribution in [0, 0.1) is 0 Å². The number of carbonyl (C=O) groups excluding carboxylic acids is 1. The Labute approximate surface area is 123 Å². The van der Waals surface area contributed by atoms with Crippen molar-refractivity contribution in [3.63, 3.8) is 0 Å². The summed E-state index contributed by atoms with van der Waals surface area (Å²) in [6.07, 6.45) is 0.354. The van der Waals surface area contributed by atoms with Crippen molar-refractivity contribution in [2.75, 3.05) is 7.11 Å². The quantitative estimate of drug-likeness (QED) is 0.918. The van der Waals surface area contributed by atoms with Gasteiger partial charge in [-0.15, -0.1) is 0 Å². The summed E-state index contributed by atoms with van der Waals surface area (Å²) in [4.78, 5) is 11.8. The molecule has 0 aliphatic heterocycles. The summed E-state index contributed by atoms with van der Waals surface area (Å²) in [5.74, 6) is 0.796. The molecule has 0 aromatic heterocycles.